The number of ether oxygens (including phenoxy) is 1. The Bertz CT molecular complexity index is 534. The molecule has 1 atom stereocenters. The van der Waals surface area contributed by atoms with E-state index in [-0.39, 0.29) is 18.2 Å². The lowest BCUT2D eigenvalue weighted by atomic mass is 10.1. The molecule has 1 rings (SSSR count). The lowest BCUT2D eigenvalue weighted by molar-refractivity contribution is 0.0629. The molecule has 0 heterocycles. The van der Waals surface area contributed by atoms with Crippen molar-refractivity contribution in [3.05, 3.63) is 35.1 Å². The van der Waals surface area contributed by atoms with Crippen LogP contribution in [0, 0.1) is 17.7 Å². The quantitative estimate of drug-likeness (QED) is 0.845. The molecule has 1 aromatic rings. The number of aliphatic hydroxyl groups excluding tert-OH is 1. The van der Waals surface area contributed by atoms with E-state index in [1.165, 1.54) is 17.0 Å². The minimum Gasteiger partial charge on any atom is -0.384 e. The van der Waals surface area contributed by atoms with Crippen LogP contribution in [-0.4, -0.2) is 49.3 Å². The smallest absolute Gasteiger partial charge is 0.256 e. The van der Waals surface area contributed by atoms with E-state index in [4.69, 9.17) is 9.84 Å². The van der Waals surface area contributed by atoms with Crippen LogP contribution in [-0.2, 0) is 4.74 Å². The standard InChI is InChI=1S/C15H18FNO3/c1-11(10-20-3)17(2)15(19)13-7-6-12(5-4-8-18)9-14(13)16/h6-7,9,11,18H,8,10H2,1-3H3. The summed E-state index contributed by atoms with van der Waals surface area (Å²) in [5.41, 5.74) is 0.408. The molecule has 0 fully saturated rings. The van der Waals surface area contributed by atoms with E-state index in [2.05, 4.69) is 11.8 Å². The highest BCUT2D eigenvalue weighted by atomic mass is 19.1. The molecule has 1 N–H and O–H groups in total. The molecule has 1 aromatic carbocycles. The van der Waals surface area contributed by atoms with E-state index in [1.807, 2.05) is 6.92 Å². The van der Waals surface area contributed by atoms with E-state index in [1.54, 1.807) is 20.2 Å². The van der Waals surface area contributed by atoms with Crippen LogP contribution in [0.2, 0.25) is 0 Å². The third-order valence-electron chi connectivity index (χ3n) is 2.90. The first-order valence-corrected chi connectivity index (χ1v) is 6.16. The Morgan fingerprint density at radius 1 is 1.55 bits per heavy atom. The van der Waals surface area contributed by atoms with Gasteiger partial charge in [-0.2, -0.15) is 0 Å². The maximum atomic E-state index is 13.9. The second-order valence-electron chi connectivity index (χ2n) is 4.37. The van der Waals surface area contributed by atoms with Crippen molar-refractivity contribution >= 4 is 5.91 Å². The van der Waals surface area contributed by atoms with Gasteiger partial charge in [-0.3, -0.25) is 4.79 Å². The zero-order valence-corrected chi connectivity index (χ0v) is 11.8. The third-order valence-corrected chi connectivity index (χ3v) is 2.90. The van der Waals surface area contributed by atoms with Gasteiger partial charge in [-0.1, -0.05) is 11.8 Å². The number of hydrogen-bond acceptors (Lipinski definition) is 3. The first kappa shape index (κ1) is 16.2. The summed E-state index contributed by atoms with van der Waals surface area (Å²) in [7, 11) is 3.15. The number of hydrogen-bond donors (Lipinski definition) is 1. The van der Waals surface area contributed by atoms with Gasteiger partial charge in [0.05, 0.1) is 18.2 Å². The van der Waals surface area contributed by atoms with Gasteiger partial charge in [0.1, 0.15) is 12.4 Å². The summed E-state index contributed by atoms with van der Waals surface area (Å²) in [6.45, 7) is 1.91. The van der Waals surface area contributed by atoms with Gasteiger partial charge in [-0.25, -0.2) is 4.39 Å². The predicted molar refractivity (Wildman–Crippen MR) is 73.8 cm³/mol. The molecule has 0 aromatic heterocycles. The molecule has 0 spiro atoms. The van der Waals surface area contributed by atoms with Gasteiger partial charge in [-0.15, -0.1) is 0 Å². The Morgan fingerprint density at radius 2 is 2.25 bits per heavy atom. The summed E-state index contributed by atoms with van der Waals surface area (Å²) in [6, 6.07) is 3.98. The molecule has 0 aliphatic heterocycles. The zero-order valence-electron chi connectivity index (χ0n) is 11.8. The molecule has 0 aliphatic rings. The Morgan fingerprint density at radius 3 is 2.80 bits per heavy atom. The van der Waals surface area contributed by atoms with Crippen molar-refractivity contribution in [3.8, 4) is 11.8 Å². The monoisotopic (exact) mass is 279 g/mol. The number of benzene rings is 1. The van der Waals surface area contributed by atoms with E-state index in [9.17, 15) is 9.18 Å². The average molecular weight is 279 g/mol. The van der Waals surface area contributed by atoms with Gasteiger partial charge in [0.15, 0.2) is 0 Å². The molecule has 0 radical (unpaired) electrons. The Kier molecular flexibility index (Phi) is 6.16. The Balaban J connectivity index is 2.94. The fourth-order valence-corrected chi connectivity index (χ4v) is 1.65. The van der Waals surface area contributed by atoms with Gasteiger partial charge in [-0.05, 0) is 25.1 Å². The van der Waals surface area contributed by atoms with Crippen LogP contribution >= 0.6 is 0 Å². The normalized spacial score (nSPS) is 11.4. The number of likely N-dealkylation sites (N-methyl/N-ethyl adjacent to an activating group) is 1. The second kappa shape index (κ2) is 7.63. The summed E-state index contributed by atoms with van der Waals surface area (Å²) >= 11 is 0. The van der Waals surface area contributed by atoms with Gasteiger partial charge in [0, 0.05) is 19.7 Å². The van der Waals surface area contributed by atoms with Crippen molar-refractivity contribution in [3.63, 3.8) is 0 Å². The number of carbonyl (C=O) groups excluding carboxylic acids is 1. The molecule has 0 aliphatic carbocycles. The van der Waals surface area contributed by atoms with Crippen LogP contribution < -0.4 is 0 Å². The Hall–Kier alpha value is -1.90. The molecule has 0 bridgehead atoms. The van der Waals surface area contributed by atoms with Crippen LogP contribution in [0.25, 0.3) is 0 Å². The molecule has 108 valence electrons. The fraction of sp³-hybridized carbons (Fsp3) is 0.400. The predicted octanol–water partition coefficient (Wildman–Crippen LogP) is 1.28. The molecule has 1 amide bonds. The summed E-state index contributed by atoms with van der Waals surface area (Å²) in [5, 5.41) is 8.58. The SMILES string of the molecule is COCC(C)N(C)C(=O)c1ccc(C#CCO)cc1F. The maximum absolute atomic E-state index is 13.9. The van der Waals surface area contributed by atoms with Gasteiger partial charge < -0.3 is 14.7 Å². The second-order valence-corrected chi connectivity index (χ2v) is 4.37. The van der Waals surface area contributed by atoms with E-state index < -0.39 is 11.7 Å². The van der Waals surface area contributed by atoms with E-state index >= 15 is 0 Å². The summed E-state index contributed by atoms with van der Waals surface area (Å²) in [6.07, 6.45) is 0. The summed E-state index contributed by atoms with van der Waals surface area (Å²) < 4.78 is 18.9. The number of amides is 1. The molecule has 5 heteroatoms. The topological polar surface area (TPSA) is 49.8 Å². The maximum Gasteiger partial charge on any atom is 0.256 e. The number of carbonyl (C=O) groups is 1. The summed E-state index contributed by atoms with van der Waals surface area (Å²) in [5.74, 6) is 3.98. The lowest BCUT2D eigenvalue weighted by Crippen LogP contribution is -2.38. The molecule has 0 saturated heterocycles. The van der Waals surface area contributed by atoms with Crippen LogP contribution in [0.5, 0.6) is 0 Å². The third kappa shape index (κ3) is 4.05. The van der Waals surface area contributed by atoms with Crippen molar-refractivity contribution in [1.29, 1.82) is 0 Å². The minimum absolute atomic E-state index is 0.00926. The van der Waals surface area contributed by atoms with Crippen LogP contribution in [0.3, 0.4) is 0 Å². The van der Waals surface area contributed by atoms with Gasteiger partial charge >= 0.3 is 0 Å². The number of rotatable bonds is 4. The van der Waals surface area contributed by atoms with Crippen molar-refractivity contribution in [2.24, 2.45) is 0 Å². The lowest BCUT2D eigenvalue weighted by Gasteiger charge is -2.24. The molecule has 0 saturated carbocycles. The minimum atomic E-state index is -0.629. The van der Waals surface area contributed by atoms with Gasteiger partial charge in [0.2, 0.25) is 0 Å². The molecular weight excluding hydrogens is 261 g/mol. The molecule has 20 heavy (non-hydrogen) atoms. The Labute approximate surface area is 118 Å². The highest BCUT2D eigenvalue weighted by molar-refractivity contribution is 5.94. The van der Waals surface area contributed by atoms with Crippen molar-refractivity contribution in [2.75, 3.05) is 27.4 Å². The van der Waals surface area contributed by atoms with Crippen molar-refractivity contribution < 1.29 is 19.0 Å². The summed E-state index contributed by atoms with van der Waals surface area (Å²) in [4.78, 5) is 13.6. The zero-order chi connectivity index (χ0) is 15.1. The van der Waals surface area contributed by atoms with E-state index in [0.29, 0.717) is 12.2 Å². The average Bonchev–Trinajstić information content (AvgIpc) is 2.44. The number of aliphatic hydroxyl groups is 1. The van der Waals surface area contributed by atoms with Crippen molar-refractivity contribution in [2.45, 2.75) is 13.0 Å². The highest BCUT2D eigenvalue weighted by Crippen LogP contribution is 2.13. The highest BCUT2D eigenvalue weighted by Gasteiger charge is 2.20. The van der Waals surface area contributed by atoms with Crippen LogP contribution in [0.15, 0.2) is 18.2 Å². The number of nitrogens with zero attached hydrogens (tertiary/aromatic N) is 1. The van der Waals surface area contributed by atoms with Gasteiger partial charge in [0.25, 0.3) is 5.91 Å². The first-order chi connectivity index (χ1) is 9.51. The number of methoxy groups -OCH3 is 1. The van der Waals surface area contributed by atoms with Crippen LogP contribution in [0.4, 0.5) is 4.39 Å². The van der Waals surface area contributed by atoms with Crippen LogP contribution in [0.1, 0.15) is 22.8 Å². The fourth-order valence-electron chi connectivity index (χ4n) is 1.65. The molecular formula is C15H18FNO3. The van der Waals surface area contributed by atoms with Crippen molar-refractivity contribution in [1.82, 2.24) is 4.90 Å². The van der Waals surface area contributed by atoms with E-state index in [0.717, 1.165) is 0 Å². The molecule has 4 nitrogen and oxygen atoms in total. The largest absolute Gasteiger partial charge is 0.384 e. The first-order valence-electron chi connectivity index (χ1n) is 6.16. The molecule has 1 unspecified atom stereocenters. The number of halogens is 1.